The van der Waals surface area contributed by atoms with E-state index >= 15 is 0 Å². The average Bonchev–Trinajstić information content (AvgIpc) is 2.39. The van der Waals surface area contributed by atoms with Crippen LogP contribution in [0.2, 0.25) is 0 Å². The largest absolute Gasteiger partial charge is 0.324 e. The van der Waals surface area contributed by atoms with Crippen molar-refractivity contribution >= 4 is 11.7 Å². The number of carbonyl (C=O) groups excluding carboxylic acids is 1. The van der Waals surface area contributed by atoms with Crippen LogP contribution in [-0.4, -0.2) is 37.6 Å². The molecule has 19 heavy (non-hydrogen) atoms. The van der Waals surface area contributed by atoms with Crippen LogP contribution in [0.1, 0.15) is 12.8 Å². The van der Waals surface area contributed by atoms with E-state index in [0.29, 0.717) is 11.6 Å². The number of nitrogens with zero attached hydrogens (tertiary/aromatic N) is 1. The summed E-state index contributed by atoms with van der Waals surface area (Å²) in [6.07, 6.45) is 2.16. The summed E-state index contributed by atoms with van der Waals surface area (Å²) in [5.74, 6) is 0.154. The van der Waals surface area contributed by atoms with Crippen LogP contribution in [0.15, 0.2) is 24.3 Å². The Bertz CT molecular complexity index is 436. The molecule has 1 aliphatic rings. The van der Waals surface area contributed by atoms with Gasteiger partial charge in [0.1, 0.15) is 5.82 Å². The molecule has 1 heterocycles. The van der Waals surface area contributed by atoms with Crippen LogP contribution in [0, 0.1) is 11.7 Å². The molecule has 1 fully saturated rings. The van der Waals surface area contributed by atoms with Gasteiger partial charge in [0.2, 0.25) is 0 Å². The molecule has 2 rings (SSSR count). The maximum absolute atomic E-state index is 13.0. The molecule has 0 radical (unpaired) electrons. The lowest BCUT2D eigenvalue weighted by molar-refractivity contribution is 0.177. The third-order valence-corrected chi connectivity index (χ3v) is 3.37. The van der Waals surface area contributed by atoms with Gasteiger partial charge in [-0.25, -0.2) is 9.18 Å². The Hall–Kier alpha value is -1.62. The zero-order chi connectivity index (χ0) is 13.7. The number of anilines is 1. The monoisotopic (exact) mass is 265 g/mol. The first kappa shape index (κ1) is 13.8. The molecule has 0 saturated carbocycles. The fourth-order valence-corrected chi connectivity index (χ4v) is 2.47. The molecule has 1 aromatic rings. The summed E-state index contributed by atoms with van der Waals surface area (Å²) in [5.41, 5.74) is 0.501. The smallest absolute Gasteiger partial charge is 0.321 e. The van der Waals surface area contributed by atoms with Crippen molar-refractivity contribution in [2.24, 2.45) is 5.92 Å². The van der Waals surface area contributed by atoms with Crippen molar-refractivity contribution in [2.75, 3.05) is 32.0 Å². The highest BCUT2D eigenvalue weighted by atomic mass is 19.1. The Labute approximate surface area is 113 Å². The van der Waals surface area contributed by atoms with E-state index in [2.05, 4.69) is 10.6 Å². The van der Waals surface area contributed by atoms with Crippen molar-refractivity contribution in [3.05, 3.63) is 30.1 Å². The Kier molecular flexibility index (Phi) is 4.74. The number of benzene rings is 1. The van der Waals surface area contributed by atoms with Crippen LogP contribution >= 0.6 is 0 Å². The first-order valence-electron chi connectivity index (χ1n) is 6.65. The SMILES string of the molecule is CNCC1CCCN(C(=O)Nc2cccc(F)c2)C1. The molecule has 5 heteroatoms. The van der Waals surface area contributed by atoms with E-state index in [1.807, 2.05) is 7.05 Å². The molecule has 0 spiro atoms. The minimum atomic E-state index is -0.343. The molecule has 0 aromatic heterocycles. The van der Waals surface area contributed by atoms with Gasteiger partial charge in [0.25, 0.3) is 0 Å². The quantitative estimate of drug-likeness (QED) is 0.880. The fourth-order valence-electron chi connectivity index (χ4n) is 2.47. The number of carbonyl (C=O) groups is 1. The molecule has 2 N–H and O–H groups in total. The van der Waals surface area contributed by atoms with E-state index in [1.54, 1.807) is 17.0 Å². The van der Waals surface area contributed by atoms with Gasteiger partial charge < -0.3 is 15.5 Å². The highest BCUT2D eigenvalue weighted by Gasteiger charge is 2.23. The van der Waals surface area contributed by atoms with Gasteiger partial charge in [-0.3, -0.25) is 0 Å². The molecule has 1 unspecified atom stereocenters. The number of hydrogen-bond acceptors (Lipinski definition) is 2. The average molecular weight is 265 g/mol. The summed E-state index contributed by atoms with van der Waals surface area (Å²) in [5, 5.41) is 5.89. The molecular formula is C14H20FN3O. The van der Waals surface area contributed by atoms with E-state index in [0.717, 1.165) is 32.5 Å². The van der Waals surface area contributed by atoms with Crippen molar-refractivity contribution in [2.45, 2.75) is 12.8 Å². The number of halogens is 1. The minimum Gasteiger partial charge on any atom is -0.324 e. The second-order valence-electron chi connectivity index (χ2n) is 4.95. The molecule has 104 valence electrons. The summed E-state index contributed by atoms with van der Waals surface area (Å²) >= 11 is 0. The third-order valence-electron chi connectivity index (χ3n) is 3.37. The number of amides is 2. The van der Waals surface area contributed by atoms with Gasteiger partial charge in [0, 0.05) is 18.8 Å². The molecule has 0 aliphatic carbocycles. The Morgan fingerprint density at radius 1 is 1.53 bits per heavy atom. The predicted octanol–water partition coefficient (Wildman–Crippen LogP) is 2.29. The molecule has 1 saturated heterocycles. The number of nitrogens with one attached hydrogen (secondary N) is 2. The van der Waals surface area contributed by atoms with Crippen LogP contribution in [0.3, 0.4) is 0 Å². The number of hydrogen-bond donors (Lipinski definition) is 2. The lowest BCUT2D eigenvalue weighted by atomic mass is 9.98. The van der Waals surface area contributed by atoms with Crippen LogP contribution in [0.4, 0.5) is 14.9 Å². The number of rotatable bonds is 3. The number of urea groups is 1. The summed E-state index contributed by atoms with van der Waals surface area (Å²) in [7, 11) is 1.92. The minimum absolute atomic E-state index is 0.147. The van der Waals surface area contributed by atoms with Gasteiger partial charge in [-0.05, 0) is 50.6 Å². The van der Waals surface area contributed by atoms with Crippen LogP contribution < -0.4 is 10.6 Å². The first-order valence-corrected chi connectivity index (χ1v) is 6.65. The van der Waals surface area contributed by atoms with E-state index in [1.165, 1.54) is 12.1 Å². The molecule has 0 bridgehead atoms. The lowest BCUT2D eigenvalue weighted by Gasteiger charge is -2.32. The number of likely N-dealkylation sites (tertiary alicyclic amines) is 1. The Morgan fingerprint density at radius 2 is 2.37 bits per heavy atom. The van der Waals surface area contributed by atoms with Gasteiger partial charge in [-0.15, -0.1) is 0 Å². The van der Waals surface area contributed by atoms with Gasteiger partial charge in [-0.2, -0.15) is 0 Å². The van der Waals surface area contributed by atoms with Crippen molar-refractivity contribution in [3.63, 3.8) is 0 Å². The summed E-state index contributed by atoms with van der Waals surface area (Å²) in [6.45, 7) is 2.44. The lowest BCUT2D eigenvalue weighted by Crippen LogP contribution is -2.44. The normalized spacial score (nSPS) is 19.3. The summed E-state index contributed by atoms with van der Waals surface area (Å²) in [4.78, 5) is 13.9. The maximum atomic E-state index is 13.0. The molecule has 2 amide bonds. The highest BCUT2D eigenvalue weighted by Crippen LogP contribution is 2.17. The standard InChI is InChI=1S/C14H20FN3O/c1-16-9-11-4-3-7-18(10-11)14(19)17-13-6-2-5-12(15)8-13/h2,5-6,8,11,16H,3-4,7,9-10H2,1H3,(H,17,19). The maximum Gasteiger partial charge on any atom is 0.321 e. The number of piperidine rings is 1. The van der Waals surface area contributed by atoms with Crippen molar-refractivity contribution in [1.29, 1.82) is 0 Å². The van der Waals surface area contributed by atoms with E-state index in [9.17, 15) is 9.18 Å². The Balaban J connectivity index is 1.92. The second-order valence-corrected chi connectivity index (χ2v) is 4.95. The van der Waals surface area contributed by atoms with E-state index in [4.69, 9.17) is 0 Å². The topological polar surface area (TPSA) is 44.4 Å². The zero-order valence-corrected chi connectivity index (χ0v) is 11.2. The molecule has 4 nitrogen and oxygen atoms in total. The van der Waals surface area contributed by atoms with E-state index in [-0.39, 0.29) is 11.8 Å². The second kappa shape index (κ2) is 6.52. The molecule has 1 aromatic carbocycles. The van der Waals surface area contributed by atoms with Crippen molar-refractivity contribution in [3.8, 4) is 0 Å². The van der Waals surface area contributed by atoms with Gasteiger partial charge in [0.05, 0.1) is 0 Å². The van der Waals surface area contributed by atoms with Crippen LogP contribution in [-0.2, 0) is 0 Å². The van der Waals surface area contributed by atoms with Crippen LogP contribution in [0.25, 0.3) is 0 Å². The molecule has 1 atom stereocenters. The zero-order valence-electron chi connectivity index (χ0n) is 11.2. The third kappa shape index (κ3) is 3.92. The van der Waals surface area contributed by atoms with Crippen molar-refractivity contribution in [1.82, 2.24) is 10.2 Å². The van der Waals surface area contributed by atoms with Gasteiger partial charge in [-0.1, -0.05) is 6.07 Å². The summed E-state index contributed by atoms with van der Waals surface area (Å²) < 4.78 is 13.0. The predicted molar refractivity (Wildman–Crippen MR) is 73.6 cm³/mol. The van der Waals surface area contributed by atoms with Gasteiger partial charge >= 0.3 is 6.03 Å². The first-order chi connectivity index (χ1) is 9.19. The van der Waals surface area contributed by atoms with Crippen LogP contribution in [0.5, 0.6) is 0 Å². The van der Waals surface area contributed by atoms with E-state index < -0.39 is 0 Å². The van der Waals surface area contributed by atoms with Crippen molar-refractivity contribution < 1.29 is 9.18 Å². The summed E-state index contributed by atoms with van der Waals surface area (Å²) in [6, 6.07) is 5.82. The highest BCUT2D eigenvalue weighted by molar-refractivity contribution is 5.89. The Morgan fingerprint density at radius 3 is 3.11 bits per heavy atom. The molecular weight excluding hydrogens is 245 g/mol. The fraction of sp³-hybridized carbons (Fsp3) is 0.500. The molecule has 1 aliphatic heterocycles. The van der Waals surface area contributed by atoms with Gasteiger partial charge in [0.15, 0.2) is 0 Å².